The molecule has 1 spiro atoms. The molecule has 0 unspecified atom stereocenters. The Kier molecular flexibility index (Phi) is 2.18. The SMILES string of the molecule is COC(=O)N1CC2(CCCCC2)C1. The number of ether oxygens (including phenoxy) is 1. The first-order valence-electron chi connectivity index (χ1n) is 5.09. The minimum absolute atomic E-state index is 0.156. The number of amides is 1. The molecule has 1 saturated carbocycles. The van der Waals surface area contributed by atoms with Crippen LogP contribution in [0.1, 0.15) is 32.1 Å². The summed E-state index contributed by atoms with van der Waals surface area (Å²) >= 11 is 0. The van der Waals surface area contributed by atoms with E-state index in [-0.39, 0.29) is 6.09 Å². The summed E-state index contributed by atoms with van der Waals surface area (Å²) < 4.78 is 4.68. The van der Waals surface area contributed by atoms with E-state index in [1.54, 1.807) is 0 Å². The summed E-state index contributed by atoms with van der Waals surface area (Å²) in [6, 6.07) is 0. The number of carbonyl (C=O) groups excluding carboxylic acids is 1. The molecule has 1 heterocycles. The molecule has 2 aliphatic rings. The van der Waals surface area contributed by atoms with Crippen LogP contribution in [0.2, 0.25) is 0 Å². The van der Waals surface area contributed by atoms with Crippen molar-refractivity contribution in [1.29, 1.82) is 0 Å². The second kappa shape index (κ2) is 3.20. The Balaban J connectivity index is 1.85. The third-order valence-electron chi connectivity index (χ3n) is 3.40. The first kappa shape index (κ1) is 8.85. The molecule has 0 aromatic carbocycles. The molecule has 1 saturated heterocycles. The summed E-state index contributed by atoms with van der Waals surface area (Å²) in [6.45, 7) is 1.86. The molecular formula is C10H17NO2. The first-order chi connectivity index (χ1) is 6.26. The third kappa shape index (κ3) is 1.52. The molecule has 3 nitrogen and oxygen atoms in total. The van der Waals surface area contributed by atoms with Gasteiger partial charge in [0.15, 0.2) is 0 Å². The van der Waals surface area contributed by atoms with Crippen LogP contribution in [0.3, 0.4) is 0 Å². The molecule has 1 amide bonds. The number of nitrogens with zero attached hydrogens (tertiary/aromatic N) is 1. The fourth-order valence-electron chi connectivity index (χ4n) is 2.64. The summed E-state index contributed by atoms with van der Waals surface area (Å²) in [5.41, 5.74) is 0.479. The maximum absolute atomic E-state index is 11.1. The Morgan fingerprint density at radius 1 is 1.23 bits per heavy atom. The van der Waals surface area contributed by atoms with Gasteiger partial charge in [0.2, 0.25) is 0 Å². The van der Waals surface area contributed by atoms with E-state index in [0.29, 0.717) is 5.41 Å². The maximum atomic E-state index is 11.1. The number of carbonyl (C=O) groups is 1. The fourth-order valence-corrected chi connectivity index (χ4v) is 2.64. The van der Waals surface area contributed by atoms with Gasteiger partial charge in [-0.25, -0.2) is 4.79 Å². The zero-order valence-corrected chi connectivity index (χ0v) is 8.21. The van der Waals surface area contributed by atoms with Gasteiger partial charge in [-0.15, -0.1) is 0 Å². The van der Waals surface area contributed by atoms with E-state index < -0.39 is 0 Å². The molecule has 0 bridgehead atoms. The highest BCUT2D eigenvalue weighted by Gasteiger charge is 2.45. The second-order valence-electron chi connectivity index (χ2n) is 4.39. The predicted octanol–water partition coefficient (Wildman–Crippen LogP) is 2.02. The van der Waals surface area contributed by atoms with Crippen molar-refractivity contribution < 1.29 is 9.53 Å². The standard InChI is InChI=1S/C10H17NO2/c1-13-9(12)11-7-10(8-11)5-3-2-4-6-10/h2-8H2,1H3. The second-order valence-corrected chi connectivity index (χ2v) is 4.39. The minimum atomic E-state index is -0.156. The van der Waals surface area contributed by atoms with Gasteiger partial charge < -0.3 is 9.64 Å². The van der Waals surface area contributed by atoms with E-state index in [0.717, 1.165) is 13.1 Å². The minimum Gasteiger partial charge on any atom is -0.453 e. The van der Waals surface area contributed by atoms with Crippen LogP contribution in [0.4, 0.5) is 4.79 Å². The van der Waals surface area contributed by atoms with Gasteiger partial charge in [-0.2, -0.15) is 0 Å². The maximum Gasteiger partial charge on any atom is 0.409 e. The van der Waals surface area contributed by atoms with Crippen LogP contribution in [0.25, 0.3) is 0 Å². The van der Waals surface area contributed by atoms with Gasteiger partial charge in [0.25, 0.3) is 0 Å². The molecule has 0 N–H and O–H groups in total. The number of hydrogen-bond donors (Lipinski definition) is 0. The lowest BCUT2D eigenvalue weighted by Gasteiger charge is -2.51. The molecule has 0 aromatic rings. The number of rotatable bonds is 0. The lowest BCUT2D eigenvalue weighted by molar-refractivity contribution is -0.0203. The number of likely N-dealkylation sites (tertiary alicyclic amines) is 1. The predicted molar refractivity (Wildman–Crippen MR) is 49.5 cm³/mol. The van der Waals surface area contributed by atoms with Crippen molar-refractivity contribution in [3.63, 3.8) is 0 Å². The van der Waals surface area contributed by atoms with Crippen molar-refractivity contribution in [2.24, 2.45) is 5.41 Å². The third-order valence-corrected chi connectivity index (χ3v) is 3.40. The molecular weight excluding hydrogens is 166 g/mol. The molecule has 1 aliphatic carbocycles. The molecule has 1 aliphatic heterocycles. The van der Waals surface area contributed by atoms with E-state index in [1.807, 2.05) is 4.90 Å². The van der Waals surface area contributed by atoms with Gasteiger partial charge in [0.1, 0.15) is 0 Å². The van der Waals surface area contributed by atoms with Crippen LogP contribution in [0.5, 0.6) is 0 Å². The van der Waals surface area contributed by atoms with Crippen molar-refractivity contribution in [2.45, 2.75) is 32.1 Å². The van der Waals surface area contributed by atoms with Crippen LogP contribution in [-0.2, 0) is 4.74 Å². The molecule has 13 heavy (non-hydrogen) atoms. The molecule has 2 fully saturated rings. The molecule has 0 aromatic heterocycles. The lowest BCUT2D eigenvalue weighted by Crippen LogP contribution is -2.58. The average molecular weight is 183 g/mol. The Bertz CT molecular complexity index is 201. The highest BCUT2D eigenvalue weighted by atomic mass is 16.5. The zero-order chi connectivity index (χ0) is 9.31. The van der Waals surface area contributed by atoms with Crippen LogP contribution in [0.15, 0.2) is 0 Å². The quantitative estimate of drug-likeness (QED) is 0.575. The van der Waals surface area contributed by atoms with Gasteiger partial charge in [0, 0.05) is 18.5 Å². The zero-order valence-electron chi connectivity index (χ0n) is 8.21. The monoisotopic (exact) mass is 183 g/mol. The van der Waals surface area contributed by atoms with Crippen LogP contribution in [0, 0.1) is 5.41 Å². The number of methoxy groups -OCH3 is 1. The van der Waals surface area contributed by atoms with E-state index in [4.69, 9.17) is 0 Å². The molecule has 3 heteroatoms. The van der Waals surface area contributed by atoms with Gasteiger partial charge >= 0.3 is 6.09 Å². The van der Waals surface area contributed by atoms with Crippen LogP contribution in [-0.4, -0.2) is 31.2 Å². The molecule has 74 valence electrons. The van der Waals surface area contributed by atoms with Crippen molar-refractivity contribution in [3.05, 3.63) is 0 Å². The molecule has 0 atom stereocenters. The summed E-state index contributed by atoms with van der Waals surface area (Å²) in [5, 5.41) is 0. The van der Waals surface area contributed by atoms with Crippen molar-refractivity contribution in [1.82, 2.24) is 4.90 Å². The van der Waals surface area contributed by atoms with Crippen molar-refractivity contribution in [2.75, 3.05) is 20.2 Å². The average Bonchev–Trinajstić information content (AvgIpc) is 2.14. The normalized spacial score (nSPS) is 25.5. The Morgan fingerprint density at radius 3 is 2.38 bits per heavy atom. The molecule has 2 rings (SSSR count). The van der Waals surface area contributed by atoms with Gasteiger partial charge in [-0.3, -0.25) is 0 Å². The summed E-state index contributed by atoms with van der Waals surface area (Å²) in [7, 11) is 1.45. The van der Waals surface area contributed by atoms with Crippen molar-refractivity contribution in [3.8, 4) is 0 Å². The smallest absolute Gasteiger partial charge is 0.409 e. The van der Waals surface area contributed by atoms with E-state index in [9.17, 15) is 4.79 Å². The molecule has 0 radical (unpaired) electrons. The number of hydrogen-bond acceptors (Lipinski definition) is 2. The Labute approximate surface area is 79.0 Å². The van der Waals surface area contributed by atoms with Gasteiger partial charge in [-0.1, -0.05) is 19.3 Å². The van der Waals surface area contributed by atoms with E-state index >= 15 is 0 Å². The fraction of sp³-hybridized carbons (Fsp3) is 0.900. The largest absolute Gasteiger partial charge is 0.453 e. The highest BCUT2D eigenvalue weighted by molar-refractivity contribution is 5.68. The van der Waals surface area contributed by atoms with Gasteiger partial charge in [0.05, 0.1) is 7.11 Å². The Hall–Kier alpha value is -0.730. The van der Waals surface area contributed by atoms with Gasteiger partial charge in [-0.05, 0) is 12.8 Å². The first-order valence-corrected chi connectivity index (χ1v) is 5.09. The Morgan fingerprint density at radius 2 is 1.85 bits per heavy atom. The lowest BCUT2D eigenvalue weighted by atomic mass is 9.69. The van der Waals surface area contributed by atoms with Crippen LogP contribution < -0.4 is 0 Å². The summed E-state index contributed by atoms with van der Waals surface area (Å²) in [6.07, 6.45) is 6.52. The van der Waals surface area contributed by atoms with E-state index in [1.165, 1.54) is 39.2 Å². The van der Waals surface area contributed by atoms with Crippen molar-refractivity contribution >= 4 is 6.09 Å². The summed E-state index contributed by atoms with van der Waals surface area (Å²) in [4.78, 5) is 12.9. The topological polar surface area (TPSA) is 29.5 Å². The highest BCUT2D eigenvalue weighted by Crippen LogP contribution is 2.43. The summed E-state index contributed by atoms with van der Waals surface area (Å²) in [5.74, 6) is 0. The van der Waals surface area contributed by atoms with E-state index in [2.05, 4.69) is 4.74 Å². The van der Waals surface area contributed by atoms with Crippen LogP contribution >= 0.6 is 0 Å².